The van der Waals surface area contributed by atoms with Gasteiger partial charge in [-0.25, -0.2) is 21.9 Å². The van der Waals surface area contributed by atoms with E-state index in [1.54, 1.807) is 0 Å². The van der Waals surface area contributed by atoms with Crippen LogP contribution in [0, 0.1) is 11.6 Å². The van der Waals surface area contributed by atoms with Crippen LogP contribution >= 0.6 is 11.6 Å². The van der Waals surface area contributed by atoms with Crippen molar-refractivity contribution in [2.45, 2.75) is 17.6 Å². The minimum Gasteiger partial charge on any atom is -0.321 e. The highest BCUT2D eigenvalue weighted by Gasteiger charge is 2.31. The molecule has 0 fully saturated rings. The van der Waals surface area contributed by atoms with Crippen molar-refractivity contribution in [2.24, 2.45) is 0 Å². The molecule has 0 aromatic heterocycles. The molecule has 3 aromatic rings. The van der Waals surface area contributed by atoms with Crippen molar-refractivity contribution in [3.8, 4) is 0 Å². The van der Waals surface area contributed by atoms with Crippen molar-refractivity contribution in [2.75, 3.05) is 5.32 Å². The first kappa shape index (κ1) is 24.6. The molecule has 0 radical (unpaired) electrons. The van der Waals surface area contributed by atoms with E-state index >= 15 is 0 Å². The van der Waals surface area contributed by atoms with Gasteiger partial charge in [-0.05, 0) is 54.1 Å². The van der Waals surface area contributed by atoms with E-state index < -0.39 is 55.5 Å². The Kier molecular flexibility index (Phi) is 7.06. The predicted molar refractivity (Wildman–Crippen MR) is 111 cm³/mol. The first-order valence-electron chi connectivity index (χ1n) is 9.08. The van der Waals surface area contributed by atoms with Gasteiger partial charge in [-0.3, -0.25) is 4.79 Å². The van der Waals surface area contributed by atoms with Crippen LogP contribution in [0.1, 0.15) is 21.5 Å². The summed E-state index contributed by atoms with van der Waals surface area (Å²) in [4.78, 5) is 12.0. The Morgan fingerprint density at radius 2 is 1.61 bits per heavy atom. The minimum absolute atomic E-state index is 0.207. The van der Waals surface area contributed by atoms with E-state index in [4.69, 9.17) is 11.6 Å². The lowest BCUT2D eigenvalue weighted by Gasteiger charge is -2.13. The van der Waals surface area contributed by atoms with E-state index in [9.17, 15) is 35.2 Å². The van der Waals surface area contributed by atoms with Crippen LogP contribution in [0.2, 0.25) is 5.02 Å². The Morgan fingerprint density at radius 3 is 2.24 bits per heavy atom. The van der Waals surface area contributed by atoms with Crippen molar-refractivity contribution >= 4 is 33.2 Å². The van der Waals surface area contributed by atoms with Gasteiger partial charge in [-0.1, -0.05) is 23.7 Å². The average molecular weight is 505 g/mol. The van der Waals surface area contributed by atoms with Gasteiger partial charge in [0.25, 0.3) is 5.91 Å². The number of carbonyl (C=O) groups excluding carboxylic acids is 1. The monoisotopic (exact) mass is 504 g/mol. The molecule has 0 aliphatic carbocycles. The summed E-state index contributed by atoms with van der Waals surface area (Å²) in [5, 5.41) is 1.83. The number of halogens is 6. The maximum Gasteiger partial charge on any atom is 0.416 e. The van der Waals surface area contributed by atoms with E-state index in [0.29, 0.717) is 17.7 Å². The number of alkyl halides is 3. The summed E-state index contributed by atoms with van der Waals surface area (Å²) >= 11 is 5.83. The summed E-state index contributed by atoms with van der Waals surface area (Å²) in [7, 11) is -4.21. The van der Waals surface area contributed by atoms with Crippen LogP contribution in [0.5, 0.6) is 0 Å². The topological polar surface area (TPSA) is 75.3 Å². The van der Waals surface area contributed by atoms with Crippen LogP contribution in [-0.4, -0.2) is 14.3 Å². The molecule has 0 bridgehead atoms. The zero-order valence-corrected chi connectivity index (χ0v) is 18.0. The lowest BCUT2D eigenvalue weighted by atomic mass is 10.1. The molecule has 174 valence electrons. The molecule has 5 nitrogen and oxygen atoms in total. The van der Waals surface area contributed by atoms with Gasteiger partial charge in [0.05, 0.1) is 26.7 Å². The number of nitrogens with one attached hydrogen (secondary N) is 2. The van der Waals surface area contributed by atoms with Crippen LogP contribution in [0.25, 0.3) is 0 Å². The van der Waals surface area contributed by atoms with Gasteiger partial charge >= 0.3 is 6.18 Å². The van der Waals surface area contributed by atoms with Gasteiger partial charge in [0.2, 0.25) is 10.0 Å². The first-order chi connectivity index (χ1) is 15.4. The Morgan fingerprint density at radius 1 is 0.939 bits per heavy atom. The number of hydrogen-bond acceptors (Lipinski definition) is 3. The summed E-state index contributed by atoms with van der Waals surface area (Å²) in [5.41, 5.74) is -1.81. The number of benzene rings is 3. The lowest BCUT2D eigenvalue weighted by Crippen LogP contribution is -2.24. The Labute approximate surface area is 190 Å². The average Bonchev–Trinajstić information content (AvgIpc) is 2.74. The second kappa shape index (κ2) is 9.46. The van der Waals surface area contributed by atoms with Crippen LogP contribution < -0.4 is 10.0 Å². The molecule has 0 heterocycles. The van der Waals surface area contributed by atoms with E-state index in [0.717, 1.165) is 36.4 Å². The molecule has 0 aliphatic heterocycles. The molecule has 0 spiro atoms. The number of carbonyl (C=O) groups is 1. The summed E-state index contributed by atoms with van der Waals surface area (Å²) in [5.74, 6) is -2.81. The minimum atomic E-state index is -4.71. The van der Waals surface area contributed by atoms with Crippen molar-refractivity contribution in [1.82, 2.24) is 4.72 Å². The van der Waals surface area contributed by atoms with Gasteiger partial charge in [0, 0.05) is 6.54 Å². The fourth-order valence-electron chi connectivity index (χ4n) is 2.70. The third kappa shape index (κ3) is 6.06. The van der Waals surface area contributed by atoms with Crippen molar-refractivity contribution < 1.29 is 35.2 Å². The maximum absolute atomic E-state index is 14.2. The summed E-state index contributed by atoms with van der Waals surface area (Å²) in [6, 6.07) is 9.58. The molecule has 0 aliphatic rings. The second-order valence-electron chi connectivity index (χ2n) is 6.74. The molecule has 12 heteroatoms. The van der Waals surface area contributed by atoms with Gasteiger partial charge in [-0.2, -0.15) is 13.2 Å². The Bertz CT molecular complexity index is 1300. The summed E-state index contributed by atoms with van der Waals surface area (Å²) < 4.78 is 93.3. The highest BCUT2D eigenvalue weighted by Crippen LogP contribution is 2.34. The third-order valence-corrected chi connectivity index (χ3v) is 6.14. The van der Waals surface area contributed by atoms with Crippen molar-refractivity contribution in [1.29, 1.82) is 0 Å². The molecule has 0 saturated carbocycles. The summed E-state index contributed by atoms with van der Waals surface area (Å²) in [6.45, 7) is -0.207. The van der Waals surface area contributed by atoms with Crippen LogP contribution in [0.3, 0.4) is 0 Å². The van der Waals surface area contributed by atoms with Gasteiger partial charge < -0.3 is 5.32 Å². The zero-order valence-electron chi connectivity index (χ0n) is 16.4. The molecule has 3 rings (SSSR count). The standard InChI is InChI=1S/C21H14ClF5N2O3S/c22-17-7-3-13(21(25,26)27)9-19(17)29-20(30)16-10-15(6-8-18(16)24)33(31,32)28-11-12-1-4-14(23)5-2-12/h1-10,28H,11H2,(H,29,30). The first-order valence-corrected chi connectivity index (χ1v) is 10.9. The lowest BCUT2D eigenvalue weighted by molar-refractivity contribution is -0.137. The van der Waals surface area contributed by atoms with E-state index in [1.165, 1.54) is 12.1 Å². The number of hydrogen-bond donors (Lipinski definition) is 2. The predicted octanol–water partition coefficient (Wildman–Crippen LogP) is 5.37. The molecule has 0 saturated heterocycles. The molecule has 1 amide bonds. The largest absolute Gasteiger partial charge is 0.416 e. The van der Waals surface area contributed by atoms with Crippen molar-refractivity contribution in [3.05, 3.63) is 94.0 Å². The molecule has 3 aromatic carbocycles. The van der Waals surface area contributed by atoms with Crippen molar-refractivity contribution in [3.63, 3.8) is 0 Å². The highest BCUT2D eigenvalue weighted by atomic mass is 35.5. The highest BCUT2D eigenvalue weighted by molar-refractivity contribution is 7.89. The van der Waals surface area contributed by atoms with Crippen LogP contribution in [-0.2, 0) is 22.7 Å². The Hall–Kier alpha value is -3.02. The molecular weight excluding hydrogens is 491 g/mol. The number of amides is 1. The molecular formula is C21H14ClF5N2O3S. The van der Waals surface area contributed by atoms with E-state index in [2.05, 4.69) is 10.0 Å². The third-order valence-electron chi connectivity index (χ3n) is 4.41. The zero-order chi connectivity index (χ0) is 24.4. The fraction of sp³-hybridized carbons (Fsp3) is 0.0952. The second-order valence-corrected chi connectivity index (χ2v) is 8.91. The molecule has 0 atom stereocenters. The summed E-state index contributed by atoms with van der Waals surface area (Å²) in [6.07, 6.45) is -4.71. The maximum atomic E-state index is 14.2. The smallest absolute Gasteiger partial charge is 0.321 e. The van der Waals surface area contributed by atoms with Gasteiger partial charge in [0.15, 0.2) is 0 Å². The number of rotatable bonds is 6. The van der Waals surface area contributed by atoms with E-state index in [1.807, 2.05) is 0 Å². The molecule has 33 heavy (non-hydrogen) atoms. The van der Waals surface area contributed by atoms with Gasteiger partial charge in [0.1, 0.15) is 11.6 Å². The quantitative estimate of drug-likeness (QED) is 0.443. The van der Waals surface area contributed by atoms with Crippen LogP contribution in [0.15, 0.2) is 65.6 Å². The number of anilines is 1. The van der Waals surface area contributed by atoms with Gasteiger partial charge in [-0.15, -0.1) is 0 Å². The normalized spacial score (nSPS) is 11.9. The fourth-order valence-corrected chi connectivity index (χ4v) is 3.90. The molecule has 2 N–H and O–H groups in total. The number of sulfonamides is 1. The van der Waals surface area contributed by atoms with Crippen LogP contribution in [0.4, 0.5) is 27.6 Å². The Balaban J connectivity index is 1.83. The van der Waals surface area contributed by atoms with E-state index in [-0.39, 0.29) is 11.6 Å². The molecule has 0 unspecified atom stereocenters. The SMILES string of the molecule is O=C(Nc1cc(C(F)(F)F)ccc1Cl)c1cc(S(=O)(=O)NCc2ccc(F)cc2)ccc1F.